The fourth-order valence-electron chi connectivity index (χ4n) is 9.53. The summed E-state index contributed by atoms with van der Waals surface area (Å²) in [5, 5.41) is 7.23. The number of rotatable bonds is 6. The van der Waals surface area contributed by atoms with E-state index >= 15 is 0 Å². The summed E-state index contributed by atoms with van der Waals surface area (Å²) in [7, 11) is 0. The zero-order chi connectivity index (χ0) is 38.9. The first-order valence-corrected chi connectivity index (χ1v) is 20.3. The van der Waals surface area contributed by atoms with Crippen LogP contribution in [0.4, 0.5) is 11.4 Å². The van der Waals surface area contributed by atoms with Crippen molar-refractivity contribution < 1.29 is 9.15 Å². The second-order valence-electron chi connectivity index (χ2n) is 15.5. The number of benzene rings is 9. The van der Waals surface area contributed by atoms with Crippen molar-refractivity contribution in [2.75, 3.05) is 4.90 Å². The van der Waals surface area contributed by atoms with Crippen LogP contribution in [0.25, 0.3) is 76.9 Å². The van der Waals surface area contributed by atoms with Gasteiger partial charge in [0.2, 0.25) is 0 Å². The van der Waals surface area contributed by atoms with E-state index in [2.05, 4.69) is 205 Å². The number of furan rings is 1. The number of allylic oxidation sites excluding steroid dienone is 2. The van der Waals surface area contributed by atoms with Gasteiger partial charge in [0.15, 0.2) is 0 Å². The monoisotopic (exact) mass is 755 g/mol. The van der Waals surface area contributed by atoms with E-state index in [0.717, 1.165) is 72.6 Å². The SMILES string of the molecule is C1=CC2c3ccccc3OC2C(N(c2ccc(-c3cccc4oc5ccccc5c34)cc2)c2cc(-c3cc4ccccc4c4ccccc34)ccc2-c2ccccc2)=C1. The van der Waals surface area contributed by atoms with E-state index < -0.39 is 0 Å². The highest BCUT2D eigenvalue weighted by Crippen LogP contribution is 2.49. The Bertz CT molecular complexity index is 3320. The number of hydrogen-bond donors (Lipinski definition) is 0. The van der Waals surface area contributed by atoms with Crippen molar-refractivity contribution in [2.24, 2.45) is 0 Å². The zero-order valence-corrected chi connectivity index (χ0v) is 32.1. The molecule has 0 N–H and O–H groups in total. The quantitative estimate of drug-likeness (QED) is 0.158. The lowest BCUT2D eigenvalue weighted by Gasteiger charge is -2.35. The lowest BCUT2D eigenvalue weighted by molar-refractivity contribution is 0.253. The summed E-state index contributed by atoms with van der Waals surface area (Å²) in [6.07, 6.45) is 6.52. The minimum atomic E-state index is -0.211. The molecule has 2 unspecified atom stereocenters. The van der Waals surface area contributed by atoms with Gasteiger partial charge in [-0.05, 0) is 97.9 Å². The highest BCUT2D eigenvalue weighted by atomic mass is 16.5. The first kappa shape index (κ1) is 33.5. The van der Waals surface area contributed by atoms with Crippen molar-refractivity contribution in [1.82, 2.24) is 0 Å². The average Bonchev–Trinajstić information content (AvgIpc) is 3.89. The topological polar surface area (TPSA) is 25.6 Å². The summed E-state index contributed by atoms with van der Waals surface area (Å²) < 4.78 is 13.2. The van der Waals surface area contributed by atoms with Crippen LogP contribution in [0.5, 0.6) is 5.75 Å². The summed E-state index contributed by atoms with van der Waals surface area (Å²) in [6, 6.07) is 69.7. The van der Waals surface area contributed by atoms with E-state index in [-0.39, 0.29) is 12.0 Å². The molecule has 0 saturated carbocycles. The molecule has 2 atom stereocenters. The third-order valence-electron chi connectivity index (χ3n) is 12.2. The Morgan fingerprint density at radius 2 is 1.15 bits per heavy atom. The molecular weight excluding hydrogens is 719 g/mol. The normalized spacial score (nSPS) is 15.6. The van der Waals surface area contributed by atoms with E-state index in [1.54, 1.807) is 0 Å². The summed E-state index contributed by atoms with van der Waals surface area (Å²) >= 11 is 0. The second-order valence-corrected chi connectivity index (χ2v) is 15.5. The van der Waals surface area contributed by atoms with Gasteiger partial charge in [0.25, 0.3) is 0 Å². The Labute approximate surface area is 342 Å². The molecule has 9 aromatic carbocycles. The Balaban J connectivity index is 1.08. The van der Waals surface area contributed by atoms with Crippen molar-refractivity contribution in [3.63, 3.8) is 0 Å². The van der Waals surface area contributed by atoms with Gasteiger partial charge < -0.3 is 14.1 Å². The van der Waals surface area contributed by atoms with Gasteiger partial charge in [-0.2, -0.15) is 0 Å². The molecule has 1 aliphatic carbocycles. The van der Waals surface area contributed by atoms with Crippen LogP contribution in [0, 0.1) is 0 Å². The molecule has 0 radical (unpaired) electrons. The molecule has 0 bridgehead atoms. The summed E-state index contributed by atoms with van der Waals surface area (Å²) in [5.74, 6) is 1.03. The molecule has 0 spiro atoms. The molecule has 3 nitrogen and oxygen atoms in total. The molecule has 278 valence electrons. The molecule has 2 heterocycles. The van der Waals surface area contributed by atoms with Crippen molar-refractivity contribution in [1.29, 1.82) is 0 Å². The number of para-hydroxylation sites is 2. The number of nitrogens with zero attached hydrogens (tertiary/aromatic N) is 1. The molecule has 2 aliphatic rings. The Hall–Kier alpha value is -7.62. The van der Waals surface area contributed by atoms with E-state index in [4.69, 9.17) is 9.15 Å². The predicted molar refractivity (Wildman–Crippen MR) is 244 cm³/mol. The molecular formula is C56H37NO2. The first-order chi connectivity index (χ1) is 29.3. The molecule has 1 aromatic heterocycles. The van der Waals surface area contributed by atoms with E-state index in [9.17, 15) is 0 Å². The van der Waals surface area contributed by atoms with Crippen LogP contribution in [0.1, 0.15) is 11.5 Å². The molecule has 10 aromatic rings. The van der Waals surface area contributed by atoms with Gasteiger partial charge >= 0.3 is 0 Å². The second kappa shape index (κ2) is 13.5. The fraction of sp³-hybridized carbons (Fsp3) is 0.0357. The number of anilines is 2. The van der Waals surface area contributed by atoms with Gasteiger partial charge in [-0.3, -0.25) is 0 Å². The van der Waals surface area contributed by atoms with Crippen LogP contribution in [-0.2, 0) is 0 Å². The zero-order valence-electron chi connectivity index (χ0n) is 32.1. The maximum Gasteiger partial charge on any atom is 0.149 e. The average molecular weight is 756 g/mol. The van der Waals surface area contributed by atoms with Gasteiger partial charge in [0, 0.05) is 33.5 Å². The van der Waals surface area contributed by atoms with Gasteiger partial charge in [-0.1, -0.05) is 164 Å². The maximum atomic E-state index is 6.92. The molecule has 1 aliphatic heterocycles. The van der Waals surface area contributed by atoms with E-state index in [1.807, 2.05) is 12.1 Å². The predicted octanol–water partition coefficient (Wildman–Crippen LogP) is 15.0. The number of fused-ring (bicyclic) bond motifs is 9. The van der Waals surface area contributed by atoms with Gasteiger partial charge in [0.05, 0.1) is 11.4 Å². The Kier molecular flexibility index (Phi) is 7.67. The van der Waals surface area contributed by atoms with Crippen LogP contribution >= 0.6 is 0 Å². The fourth-order valence-corrected chi connectivity index (χ4v) is 9.53. The van der Waals surface area contributed by atoms with Gasteiger partial charge in [-0.25, -0.2) is 0 Å². The molecule has 0 fully saturated rings. The van der Waals surface area contributed by atoms with Crippen molar-refractivity contribution in [3.8, 4) is 39.1 Å². The lowest BCUT2D eigenvalue weighted by atomic mass is 9.88. The number of ether oxygens (including phenoxy) is 1. The summed E-state index contributed by atoms with van der Waals surface area (Å²) in [5.41, 5.74) is 13.2. The van der Waals surface area contributed by atoms with Crippen LogP contribution in [0.3, 0.4) is 0 Å². The van der Waals surface area contributed by atoms with Crippen molar-refractivity contribution >= 4 is 54.9 Å². The van der Waals surface area contributed by atoms with Gasteiger partial charge in [0.1, 0.15) is 23.0 Å². The highest BCUT2D eigenvalue weighted by Gasteiger charge is 2.39. The molecule has 12 rings (SSSR count). The van der Waals surface area contributed by atoms with Crippen molar-refractivity contribution in [3.05, 3.63) is 224 Å². The molecule has 3 heteroatoms. The smallest absolute Gasteiger partial charge is 0.149 e. The van der Waals surface area contributed by atoms with Crippen LogP contribution < -0.4 is 9.64 Å². The Morgan fingerprint density at radius 3 is 2.03 bits per heavy atom. The van der Waals surface area contributed by atoms with Gasteiger partial charge in [-0.15, -0.1) is 0 Å². The minimum absolute atomic E-state index is 0.0905. The largest absolute Gasteiger partial charge is 0.483 e. The third-order valence-corrected chi connectivity index (χ3v) is 12.2. The molecule has 59 heavy (non-hydrogen) atoms. The molecule has 0 amide bonds. The minimum Gasteiger partial charge on any atom is -0.483 e. The van der Waals surface area contributed by atoms with E-state index in [1.165, 1.54) is 32.7 Å². The van der Waals surface area contributed by atoms with Crippen LogP contribution in [0.2, 0.25) is 0 Å². The highest BCUT2D eigenvalue weighted by molar-refractivity contribution is 6.14. The van der Waals surface area contributed by atoms with Crippen LogP contribution in [-0.4, -0.2) is 6.10 Å². The lowest BCUT2D eigenvalue weighted by Crippen LogP contribution is -2.33. The third kappa shape index (κ3) is 5.43. The summed E-state index contributed by atoms with van der Waals surface area (Å²) in [4.78, 5) is 2.44. The molecule has 0 saturated heterocycles. The standard InChI is InChI=1S/C56H37NO2/c1-2-14-36(15-3-1)42-33-30-39(49-34-38-16-4-5-17-41(38)44-18-6-7-19-45(44)49)35-51(42)57(50-24-12-23-47-46-20-8-10-25-52(46)59-56(47)50)40-31-28-37(29-32-40)43-22-13-27-54-55(43)48-21-9-11-26-53(48)58-54/h1-35,47,56H. The summed E-state index contributed by atoms with van der Waals surface area (Å²) in [6.45, 7) is 0. The number of hydrogen-bond acceptors (Lipinski definition) is 3. The van der Waals surface area contributed by atoms with Crippen molar-refractivity contribution in [2.45, 2.75) is 12.0 Å². The van der Waals surface area contributed by atoms with E-state index in [0.29, 0.717) is 0 Å². The maximum absolute atomic E-state index is 6.92. The first-order valence-electron chi connectivity index (χ1n) is 20.3. The van der Waals surface area contributed by atoms with Crippen LogP contribution in [0.15, 0.2) is 222 Å². The Morgan fingerprint density at radius 1 is 0.458 bits per heavy atom.